The van der Waals surface area contributed by atoms with Crippen molar-refractivity contribution in [3.8, 4) is 11.4 Å². The van der Waals surface area contributed by atoms with Gasteiger partial charge in [-0.3, -0.25) is 9.89 Å². The van der Waals surface area contributed by atoms with Gasteiger partial charge in [0.15, 0.2) is 16.6 Å². The molecule has 0 fully saturated rings. The van der Waals surface area contributed by atoms with Crippen molar-refractivity contribution in [2.75, 3.05) is 6.26 Å². The fourth-order valence-corrected chi connectivity index (χ4v) is 2.78. The van der Waals surface area contributed by atoms with Gasteiger partial charge in [-0.1, -0.05) is 70.6 Å². The molecule has 0 atom stereocenters. The van der Waals surface area contributed by atoms with E-state index >= 15 is 0 Å². The fourth-order valence-electron chi connectivity index (χ4n) is 2.29. The van der Waals surface area contributed by atoms with Gasteiger partial charge in [-0.2, -0.15) is 4.39 Å². The Bertz CT molecular complexity index is 923. The van der Waals surface area contributed by atoms with Crippen LogP contribution in [0.2, 0.25) is 0 Å². The molecule has 0 saturated carbocycles. The number of hydrogen-bond donors (Lipinski definition) is 1. The lowest BCUT2D eigenvalue weighted by atomic mass is 9.87. The van der Waals surface area contributed by atoms with E-state index in [1.54, 1.807) is 0 Å². The van der Waals surface area contributed by atoms with Gasteiger partial charge in [-0.25, -0.2) is 14.5 Å². The Labute approximate surface area is 150 Å². The highest BCUT2D eigenvalue weighted by molar-refractivity contribution is 7.98. The molecule has 25 heavy (non-hydrogen) atoms. The van der Waals surface area contributed by atoms with E-state index in [1.807, 2.05) is 44.4 Å². The van der Waals surface area contributed by atoms with Gasteiger partial charge in [0.2, 0.25) is 5.82 Å². The second-order valence-corrected chi connectivity index (χ2v) is 7.05. The summed E-state index contributed by atoms with van der Waals surface area (Å²) < 4.78 is 15.2. The summed E-state index contributed by atoms with van der Waals surface area (Å²) in [6, 6.07) is 7.86. The summed E-state index contributed by atoms with van der Waals surface area (Å²) in [5.41, 5.74) is 1.19. The third-order valence-corrected chi connectivity index (χ3v) is 4.26. The van der Waals surface area contributed by atoms with Crippen molar-refractivity contribution in [1.29, 1.82) is 0 Å². The standard InChI is InChI=1S/C16H17FN4OS.C2H6/c1-16(2,3)10-7-5-9(6-8-10)12-18-13-11(17)14(22)20-21(13)15(19-12)23-4;1-2/h5-8H,1-4H3,(H,20,22);1-2H3. The molecule has 3 rings (SSSR count). The van der Waals surface area contributed by atoms with Crippen molar-refractivity contribution in [3.63, 3.8) is 0 Å². The van der Waals surface area contributed by atoms with Gasteiger partial charge in [-0.15, -0.1) is 0 Å². The molecule has 0 bridgehead atoms. The Morgan fingerprint density at radius 1 is 1.12 bits per heavy atom. The molecule has 134 valence electrons. The molecule has 0 amide bonds. The topological polar surface area (TPSA) is 63.0 Å². The molecule has 7 heteroatoms. The number of hydrogen-bond acceptors (Lipinski definition) is 4. The Morgan fingerprint density at radius 2 is 1.72 bits per heavy atom. The van der Waals surface area contributed by atoms with Gasteiger partial charge in [0.25, 0.3) is 0 Å². The first-order chi connectivity index (χ1) is 11.8. The van der Waals surface area contributed by atoms with Crippen molar-refractivity contribution < 1.29 is 4.39 Å². The number of rotatable bonds is 2. The second-order valence-electron chi connectivity index (χ2n) is 6.28. The zero-order valence-corrected chi connectivity index (χ0v) is 16.2. The Balaban J connectivity index is 0.00000109. The first-order valence-electron chi connectivity index (χ1n) is 8.14. The first-order valence-corrected chi connectivity index (χ1v) is 9.37. The molecule has 0 radical (unpaired) electrons. The summed E-state index contributed by atoms with van der Waals surface area (Å²) in [6.45, 7) is 10.4. The quantitative estimate of drug-likeness (QED) is 0.692. The number of H-pyrrole nitrogens is 1. The molecule has 3 aromatic rings. The lowest BCUT2D eigenvalue weighted by Gasteiger charge is -2.19. The van der Waals surface area contributed by atoms with Crippen molar-refractivity contribution in [2.45, 2.75) is 45.2 Å². The number of nitrogens with one attached hydrogen (secondary N) is 1. The zero-order valence-electron chi connectivity index (χ0n) is 15.3. The van der Waals surface area contributed by atoms with Crippen molar-refractivity contribution in [3.05, 3.63) is 46.0 Å². The molecule has 0 aliphatic carbocycles. The number of aromatic amines is 1. The average molecular weight is 362 g/mol. The maximum Gasteiger partial charge on any atom is 0.302 e. The summed E-state index contributed by atoms with van der Waals surface area (Å²) in [5, 5.41) is 2.87. The van der Waals surface area contributed by atoms with Crippen LogP contribution in [0.3, 0.4) is 0 Å². The molecular weight excluding hydrogens is 339 g/mol. The summed E-state index contributed by atoms with van der Waals surface area (Å²) >= 11 is 1.31. The largest absolute Gasteiger partial charge is 0.302 e. The van der Waals surface area contributed by atoms with E-state index in [2.05, 4.69) is 35.8 Å². The molecule has 5 nitrogen and oxygen atoms in total. The second kappa shape index (κ2) is 7.39. The summed E-state index contributed by atoms with van der Waals surface area (Å²) in [6.07, 6.45) is 1.81. The van der Waals surface area contributed by atoms with E-state index in [-0.39, 0.29) is 11.1 Å². The smallest absolute Gasteiger partial charge is 0.265 e. The molecular formula is C18H23FN4OS. The maximum atomic E-state index is 13.9. The fraction of sp³-hybridized carbons (Fsp3) is 0.389. The average Bonchev–Trinajstić information content (AvgIpc) is 2.90. The molecule has 0 saturated heterocycles. The molecule has 1 aromatic carbocycles. The SMILES string of the molecule is CC.CSc1nc(-c2ccc(C(C)(C)C)cc2)nc2c(F)c(=O)[nH]n12. The van der Waals surface area contributed by atoms with Crippen LogP contribution in [0.15, 0.2) is 34.2 Å². The van der Waals surface area contributed by atoms with Crippen LogP contribution in [0.4, 0.5) is 4.39 Å². The summed E-state index contributed by atoms with van der Waals surface area (Å²) in [5.74, 6) is -0.497. The van der Waals surface area contributed by atoms with Gasteiger partial charge in [0.1, 0.15) is 0 Å². The molecule has 0 aliphatic heterocycles. The van der Waals surface area contributed by atoms with Gasteiger partial charge >= 0.3 is 5.56 Å². The molecule has 1 N–H and O–H groups in total. The lowest BCUT2D eigenvalue weighted by molar-refractivity contribution is 0.590. The highest BCUT2D eigenvalue weighted by Gasteiger charge is 2.17. The van der Waals surface area contributed by atoms with Crippen molar-refractivity contribution >= 4 is 17.4 Å². The van der Waals surface area contributed by atoms with E-state index in [0.717, 1.165) is 5.56 Å². The Hall–Kier alpha value is -2.15. The van der Waals surface area contributed by atoms with Gasteiger partial charge < -0.3 is 0 Å². The van der Waals surface area contributed by atoms with Crippen LogP contribution in [0.5, 0.6) is 0 Å². The summed E-state index contributed by atoms with van der Waals surface area (Å²) in [4.78, 5) is 20.1. The van der Waals surface area contributed by atoms with E-state index < -0.39 is 11.4 Å². The number of halogens is 1. The van der Waals surface area contributed by atoms with E-state index in [1.165, 1.54) is 21.8 Å². The zero-order chi connectivity index (χ0) is 18.8. The van der Waals surface area contributed by atoms with Crippen molar-refractivity contribution in [1.82, 2.24) is 19.6 Å². The van der Waals surface area contributed by atoms with Crippen LogP contribution in [-0.2, 0) is 5.41 Å². The van der Waals surface area contributed by atoms with Crippen LogP contribution in [0.25, 0.3) is 17.0 Å². The normalized spacial score (nSPS) is 11.3. The predicted octanol–water partition coefficient (Wildman–Crippen LogP) is 4.27. The predicted molar refractivity (Wildman–Crippen MR) is 101 cm³/mol. The van der Waals surface area contributed by atoms with E-state index in [0.29, 0.717) is 11.0 Å². The molecule has 2 aromatic heterocycles. The minimum absolute atomic E-state index is 0.0377. The third kappa shape index (κ3) is 3.76. The van der Waals surface area contributed by atoms with E-state index in [9.17, 15) is 9.18 Å². The number of fused-ring (bicyclic) bond motifs is 1. The number of nitrogens with zero attached hydrogens (tertiary/aromatic N) is 3. The van der Waals surface area contributed by atoms with E-state index in [4.69, 9.17) is 0 Å². The van der Waals surface area contributed by atoms with Crippen LogP contribution < -0.4 is 5.56 Å². The van der Waals surface area contributed by atoms with Gasteiger partial charge in [0.05, 0.1) is 0 Å². The van der Waals surface area contributed by atoms with Crippen molar-refractivity contribution in [2.24, 2.45) is 0 Å². The highest BCUT2D eigenvalue weighted by atomic mass is 32.2. The first kappa shape index (κ1) is 19.2. The van der Waals surface area contributed by atoms with Crippen LogP contribution in [0.1, 0.15) is 40.2 Å². The maximum absolute atomic E-state index is 13.9. The van der Waals surface area contributed by atoms with Gasteiger partial charge in [-0.05, 0) is 17.2 Å². The van der Waals surface area contributed by atoms with Crippen LogP contribution >= 0.6 is 11.8 Å². The minimum Gasteiger partial charge on any atom is -0.265 e. The number of thioether (sulfide) groups is 1. The molecule has 0 spiro atoms. The van der Waals surface area contributed by atoms with Crippen LogP contribution in [-0.4, -0.2) is 25.8 Å². The lowest BCUT2D eigenvalue weighted by Crippen LogP contribution is -2.10. The monoisotopic (exact) mass is 362 g/mol. The molecule has 2 heterocycles. The minimum atomic E-state index is -0.893. The number of benzene rings is 1. The van der Waals surface area contributed by atoms with Gasteiger partial charge in [0, 0.05) is 5.56 Å². The Kier molecular flexibility index (Phi) is 5.67. The Morgan fingerprint density at radius 3 is 2.24 bits per heavy atom. The highest BCUT2D eigenvalue weighted by Crippen LogP contribution is 2.26. The molecule has 0 aliphatic rings. The third-order valence-electron chi connectivity index (χ3n) is 3.62. The molecule has 0 unspecified atom stereocenters. The van der Waals surface area contributed by atoms with Crippen LogP contribution in [0, 0.1) is 5.82 Å². The number of aromatic nitrogens is 4. The summed E-state index contributed by atoms with van der Waals surface area (Å²) in [7, 11) is 0.